The Balaban J connectivity index is 0.000000117. The summed E-state index contributed by atoms with van der Waals surface area (Å²) in [7, 11) is 0. The molecule has 624 valence electrons. The predicted octanol–water partition coefficient (Wildman–Crippen LogP) is 34.8. The number of nitrogens with zero attached hydrogens (tertiary/aromatic N) is 6. The van der Waals surface area contributed by atoms with E-state index in [4.69, 9.17) is 0 Å². The molecule has 0 atom stereocenters. The molecule has 0 saturated heterocycles. The molecule has 132 heavy (non-hydrogen) atoms. The largest absolute Gasteiger partial charge is 0.311 e. The van der Waals surface area contributed by atoms with Crippen molar-refractivity contribution in [3.05, 3.63) is 546 Å². The number of hydrogen-bond donors (Lipinski definition) is 0. The number of para-hydroxylation sites is 10. The van der Waals surface area contributed by atoms with Crippen LogP contribution in [0, 0.1) is 0 Å². The third-order valence-electron chi connectivity index (χ3n) is 25.2. The van der Waals surface area contributed by atoms with Gasteiger partial charge in [0.05, 0.1) is 33.1 Å². The summed E-state index contributed by atoms with van der Waals surface area (Å²) in [4.78, 5) is 6.91. The fraction of sp³-hybridized carbons (Fsp3) is 0. The normalized spacial score (nSPS) is 11.2. The van der Waals surface area contributed by atoms with Gasteiger partial charge in [-0.1, -0.05) is 364 Å². The van der Waals surface area contributed by atoms with Crippen molar-refractivity contribution in [3.8, 4) is 83.8 Å². The zero-order valence-electron chi connectivity index (χ0n) is 72.6. The first-order valence-electron chi connectivity index (χ1n) is 45.1. The van der Waals surface area contributed by atoms with Crippen LogP contribution in [-0.4, -0.2) is 13.7 Å². The minimum atomic E-state index is 1.11. The molecule has 0 amide bonds. The van der Waals surface area contributed by atoms with E-state index in [0.717, 1.165) is 62.6 Å². The maximum Gasteiger partial charge on any atom is 0.0541 e. The van der Waals surface area contributed by atoms with Gasteiger partial charge in [0.15, 0.2) is 0 Å². The van der Waals surface area contributed by atoms with Gasteiger partial charge in [-0.15, -0.1) is 0 Å². The molecule has 24 rings (SSSR count). The van der Waals surface area contributed by atoms with Crippen molar-refractivity contribution >= 4 is 117 Å². The summed E-state index contributed by atoms with van der Waals surface area (Å²) in [5.41, 5.74) is 35.4. The van der Waals surface area contributed by atoms with Crippen molar-refractivity contribution in [1.82, 2.24) is 13.7 Å². The van der Waals surface area contributed by atoms with Gasteiger partial charge >= 0.3 is 0 Å². The lowest BCUT2D eigenvalue weighted by molar-refractivity contribution is 1.18. The Kier molecular flexibility index (Phi) is 22.1. The van der Waals surface area contributed by atoms with Crippen LogP contribution in [0.1, 0.15) is 0 Å². The maximum atomic E-state index is 2.36. The van der Waals surface area contributed by atoms with E-state index >= 15 is 0 Å². The molecule has 21 aromatic carbocycles. The van der Waals surface area contributed by atoms with E-state index in [-0.39, 0.29) is 0 Å². The highest BCUT2D eigenvalue weighted by Crippen LogP contribution is 2.44. The van der Waals surface area contributed by atoms with Gasteiger partial charge in [-0.05, 0) is 249 Å². The van der Waals surface area contributed by atoms with Gasteiger partial charge in [-0.25, -0.2) is 0 Å². The monoisotopic (exact) mass is 1690 g/mol. The molecule has 3 aromatic heterocycles. The van der Waals surface area contributed by atoms with Crippen molar-refractivity contribution in [1.29, 1.82) is 0 Å². The SMILES string of the molecule is c1ccc(-c2ccc(-c3ccc(N(c4ccccc4)c4ccc(-c5ccc(-n6c7ccccc7c7ccccc76)cc5)cc4)cc3)cc2)cc1.c1ccc(-c2ccc(N(c3ccccc3)c3ccc(-c4ccc(-n5c6ccccc6c6ccccc65)cc4)cc3)cc2)cc1.c1ccc(N(c2ccccc2)c2ccc(-c3ccc(-n4c5ccccc5c5ccccc54)cc3)cc2)cc1. The molecular weight excluding hydrogens is 1600 g/mol. The van der Waals surface area contributed by atoms with Crippen LogP contribution in [0.25, 0.3) is 149 Å². The Labute approximate surface area is 769 Å². The molecule has 0 radical (unpaired) electrons. The van der Waals surface area contributed by atoms with Crippen LogP contribution >= 0.6 is 0 Å². The fourth-order valence-corrected chi connectivity index (χ4v) is 18.8. The van der Waals surface area contributed by atoms with Crippen LogP contribution < -0.4 is 14.7 Å². The van der Waals surface area contributed by atoms with Gasteiger partial charge in [0.25, 0.3) is 0 Å². The zero-order chi connectivity index (χ0) is 87.9. The summed E-state index contributed by atoms with van der Waals surface area (Å²) in [6.45, 7) is 0. The van der Waals surface area contributed by atoms with Gasteiger partial charge in [-0.2, -0.15) is 0 Å². The zero-order valence-corrected chi connectivity index (χ0v) is 72.6. The van der Waals surface area contributed by atoms with E-state index in [2.05, 4.69) is 574 Å². The molecule has 0 bridgehead atoms. The Morgan fingerprint density at radius 3 is 0.394 bits per heavy atom. The lowest BCUT2D eigenvalue weighted by Crippen LogP contribution is -2.09. The van der Waals surface area contributed by atoms with Crippen molar-refractivity contribution in [2.24, 2.45) is 0 Å². The standard InChI is InChI=1S/C48H34N2.C42H30N2.C36H26N2/c1-3-11-35(12-4-1)36-19-21-37(22-20-36)38-23-29-42(30-24-38)49(41-13-5-2-6-14-41)43-31-25-39(26-32-43)40-27-33-44(34-28-40)50-47-17-9-7-15-45(47)46-16-8-10-18-48(46)50;1-3-11-31(12-4-1)32-19-25-36(26-20-32)43(35-13-5-2-6-14-35)37-27-21-33(22-28-37)34-23-29-38(30-24-34)44-41-17-9-7-15-39(41)40-16-8-10-18-42(40)44;1-3-11-29(12-4-1)37(30-13-5-2-6-14-30)31-23-19-27(20-24-31)28-21-25-32(26-22-28)38-35-17-9-7-15-33(35)34-16-8-10-18-36(34)38/h1-34H;1-30H;1-26H. The third-order valence-corrected chi connectivity index (χ3v) is 25.2. The van der Waals surface area contributed by atoms with Crippen molar-refractivity contribution in [3.63, 3.8) is 0 Å². The highest BCUT2D eigenvalue weighted by Gasteiger charge is 2.21. The van der Waals surface area contributed by atoms with E-state index in [1.165, 1.54) is 138 Å². The summed E-state index contributed by atoms with van der Waals surface area (Å²) in [6, 6.07) is 195. The highest BCUT2D eigenvalue weighted by molar-refractivity contribution is 6.11. The van der Waals surface area contributed by atoms with Crippen molar-refractivity contribution in [2.75, 3.05) is 14.7 Å². The molecule has 0 aliphatic rings. The molecule has 3 heterocycles. The minimum absolute atomic E-state index is 1.11. The second-order valence-corrected chi connectivity index (χ2v) is 33.1. The summed E-state index contributed by atoms with van der Waals surface area (Å²) >= 11 is 0. The minimum Gasteiger partial charge on any atom is -0.311 e. The Morgan fingerprint density at radius 2 is 0.220 bits per heavy atom. The molecular formula is C126H90N6. The molecule has 0 unspecified atom stereocenters. The quantitative estimate of drug-likeness (QED) is 0.0856. The average molecular weight is 1690 g/mol. The topological polar surface area (TPSA) is 24.5 Å². The number of fused-ring (bicyclic) bond motifs is 9. The first kappa shape index (κ1) is 80.3. The molecule has 0 N–H and O–H groups in total. The molecule has 6 heteroatoms. The smallest absolute Gasteiger partial charge is 0.0541 e. The summed E-state index contributed by atoms with van der Waals surface area (Å²) < 4.78 is 7.08. The highest BCUT2D eigenvalue weighted by atomic mass is 15.2. The molecule has 0 fully saturated rings. The van der Waals surface area contributed by atoms with Crippen molar-refractivity contribution in [2.45, 2.75) is 0 Å². The molecule has 0 spiro atoms. The molecule has 0 aliphatic carbocycles. The third kappa shape index (κ3) is 16.1. The van der Waals surface area contributed by atoms with Gasteiger partial charge in [0.1, 0.15) is 0 Å². The summed E-state index contributed by atoms with van der Waals surface area (Å²) in [5.74, 6) is 0. The molecule has 24 aromatic rings. The Hall–Kier alpha value is -17.6. The summed E-state index contributed by atoms with van der Waals surface area (Å²) in [5, 5.41) is 7.67. The average Bonchev–Trinajstić information content (AvgIpc) is 1.60. The van der Waals surface area contributed by atoms with Gasteiger partial charge < -0.3 is 28.4 Å². The second-order valence-electron chi connectivity index (χ2n) is 33.1. The lowest BCUT2D eigenvalue weighted by Gasteiger charge is -2.26. The van der Waals surface area contributed by atoms with Crippen LogP contribution in [0.3, 0.4) is 0 Å². The number of aromatic nitrogens is 3. The first-order chi connectivity index (χ1) is 65.5. The number of rotatable bonds is 18. The van der Waals surface area contributed by atoms with Gasteiger partial charge in [0, 0.05) is 101 Å². The Bertz CT molecular complexity index is 7870. The van der Waals surface area contributed by atoms with Crippen LogP contribution in [-0.2, 0) is 0 Å². The number of hydrogen-bond acceptors (Lipinski definition) is 3. The Morgan fingerprint density at radius 1 is 0.0985 bits per heavy atom. The first-order valence-corrected chi connectivity index (χ1v) is 45.1. The fourth-order valence-electron chi connectivity index (χ4n) is 18.8. The number of anilines is 9. The molecule has 6 nitrogen and oxygen atoms in total. The van der Waals surface area contributed by atoms with Crippen LogP contribution in [0.15, 0.2) is 546 Å². The lowest BCUT2D eigenvalue weighted by atomic mass is 10.00. The summed E-state index contributed by atoms with van der Waals surface area (Å²) in [6.07, 6.45) is 0. The van der Waals surface area contributed by atoms with E-state index in [0.29, 0.717) is 0 Å². The molecule has 0 saturated carbocycles. The van der Waals surface area contributed by atoms with Gasteiger partial charge in [0.2, 0.25) is 0 Å². The predicted molar refractivity (Wildman–Crippen MR) is 559 cm³/mol. The van der Waals surface area contributed by atoms with E-state index < -0.39 is 0 Å². The maximum absolute atomic E-state index is 2.36. The number of benzene rings is 21. The van der Waals surface area contributed by atoms with Crippen LogP contribution in [0.5, 0.6) is 0 Å². The van der Waals surface area contributed by atoms with Crippen LogP contribution in [0.4, 0.5) is 51.2 Å². The van der Waals surface area contributed by atoms with E-state index in [9.17, 15) is 0 Å². The molecule has 0 aliphatic heterocycles. The second kappa shape index (κ2) is 36.4. The van der Waals surface area contributed by atoms with Crippen molar-refractivity contribution < 1.29 is 0 Å². The van der Waals surface area contributed by atoms with E-state index in [1.807, 2.05) is 0 Å². The van der Waals surface area contributed by atoms with Crippen LogP contribution in [0.2, 0.25) is 0 Å². The van der Waals surface area contributed by atoms with E-state index in [1.54, 1.807) is 0 Å². The van der Waals surface area contributed by atoms with Gasteiger partial charge in [-0.3, -0.25) is 0 Å².